The smallest absolute Gasteiger partial charge is 0.244 e. The maximum Gasteiger partial charge on any atom is 0.244 e. The number of benzene rings is 2. The van der Waals surface area contributed by atoms with Crippen molar-refractivity contribution >= 4 is 23.6 Å². The van der Waals surface area contributed by atoms with Gasteiger partial charge in [0.15, 0.2) is 11.5 Å². The van der Waals surface area contributed by atoms with Crippen LogP contribution in [0.3, 0.4) is 0 Å². The lowest BCUT2D eigenvalue weighted by molar-refractivity contribution is -0.274. The van der Waals surface area contributed by atoms with Gasteiger partial charge < -0.3 is 24.4 Å². The standard InChI is InChI=1S/C31H35ClN2O4/c1-34-15-14-30-26-20-7-10-23(36-2)27(26)38-28(30)31(37-3)13-12-29(30,24(34)16-20)17-21(31)18-33-25(35)11-6-19-4-8-22(32)9-5-19/h4-11,21,24,28H,12-18H2,1-3H3,(H,33,35)/b11-6+/t21-,24-,28-,29-,30+,31-/m1/s1. The third-order valence-corrected chi connectivity index (χ3v) is 11.0. The Hall–Kier alpha value is -2.54. The average molecular weight is 535 g/mol. The highest BCUT2D eigenvalue weighted by molar-refractivity contribution is 6.30. The van der Waals surface area contributed by atoms with Crippen LogP contribution in [0, 0.1) is 11.3 Å². The lowest BCUT2D eigenvalue weighted by Gasteiger charge is -2.73. The van der Waals surface area contributed by atoms with Crippen LogP contribution in [-0.2, 0) is 21.4 Å². The van der Waals surface area contributed by atoms with Gasteiger partial charge in [0.25, 0.3) is 0 Å². The van der Waals surface area contributed by atoms with Crippen molar-refractivity contribution in [1.29, 1.82) is 0 Å². The van der Waals surface area contributed by atoms with Gasteiger partial charge in [0.2, 0.25) is 5.91 Å². The second kappa shape index (κ2) is 8.48. The molecule has 8 rings (SSSR count). The molecule has 3 saturated carbocycles. The molecule has 0 aromatic heterocycles. The zero-order chi connectivity index (χ0) is 26.3. The molecule has 0 unspecified atom stereocenters. The van der Waals surface area contributed by atoms with E-state index in [1.165, 1.54) is 11.1 Å². The Morgan fingerprint density at radius 1 is 1.18 bits per heavy atom. The minimum atomic E-state index is -0.464. The monoisotopic (exact) mass is 534 g/mol. The highest BCUT2D eigenvalue weighted by atomic mass is 35.5. The highest BCUT2D eigenvalue weighted by Gasteiger charge is 2.80. The SMILES string of the molecule is COc1ccc2c3c1O[C@H]1[C@@]4(OC)CC[C@@]5(C[C@@H]4CNC(=O)/C=C/c4ccc(Cl)cc4)[C@@H](C2)N(C)CC[C@]315. The van der Waals surface area contributed by atoms with Crippen LogP contribution >= 0.6 is 11.6 Å². The zero-order valence-corrected chi connectivity index (χ0v) is 23.0. The Labute approximate surface area is 229 Å². The van der Waals surface area contributed by atoms with E-state index in [1.807, 2.05) is 37.5 Å². The first-order valence-electron chi connectivity index (χ1n) is 13.7. The molecule has 7 heteroatoms. The van der Waals surface area contributed by atoms with Gasteiger partial charge in [-0.15, -0.1) is 0 Å². The number of hydrogen-bond donors (Lipinski definition) is 1. The minimum absolute atomic E-state index is 0.0785. The Bertz CT molecular complexity index is 1330. The summed E-state index contributed by atoms with van der Waals surface area (Å²) in [7, 11) is 5.86. The number of ether oxygens (including phenoxy) is 3. The van der Waals surface area contributed by atoms with E-state index < -0.39 is 5.60 Å². The second-order valence-corrected chi connectivity index (χ2v) is 12.3. The number of rotatable bonds is 6. The summed E-state index contributed by atoms with van der Waals surface area (Å²) in [5.74, 6) is 1.81. The third-order valence-electron chi connectivity index (χ3n) is 10.8. The summed E-state index contributed by atoms with van der Waals surface area (Å²) in [5, 5.41) is 3.89. The first-order valence-corrected chi connectivity index (χ1v) is 14.1. The molecule has 2 aromatic carbocycles. The fraction of sp³-hybridized carbons (Fsp3) is 0.516. The molecule has 2 aromatic rings. The first kappa shape index (κ1) is 24.5. The van der Waals surface area contributed by atoms with E-state index in [0.717, 1.165) is 55.7 Å². The van der Waals surface area contributed by atoms with Crippen molar-refractivity contribution in [2.45, 2.75) is 55.3 Å². The van der Waals surface area contributed by atoms with Crippen LogP contribution < -0.4 is 14.8 Å². The molecule has 38 heavy (non-hydrogen) atoms. The van der Waals surface area contributed by atoms with E-state index in [2.05, 4.69) is 29.4 Å². The van der Waals surface area contributed by atoms with Crippen molar-refractivity contribution in [3.8, 4) is 11.5 Å². The van der Waals surface area contributed by atoms with E-state index in [-0.39, 0.29) is 28.8 Å². The quantitative estimate of drug-likeness (QED) is 0.548. The molecule has 6 atom stereocenters. The lowest BCUT2D eigenvalue weighted by atomic mass is 9.35. The zero-order valence-electron chi connectivity index (χ0n) is 22.3. The lowest BCUT2D eigenvalue weighted by Crippen LogP contribution is -2.81. The van der Waals surface area contributed by atoms with Gasteiger partial charge in [0, 0.05) is 53.1 Å². The molecule has 200 valence electrons. The number of likely N-dealkylation sites (tertiary alicyclic amines) is 1. The van der Waals surface area contributed by atoms with E-state index in [9.17, 15) is 4.79 Å². The summed E-state index contributed by atoms with van der Waals surface area (Å²) in [6, 6.07) is 12.2. The summed E-state index contributed by atoms with van der Waals surface area (Å²) in [6.45, 7) is 1.62. The number of likely N-dealkylation sites (N-methyl/N-ethyl adjacent to an activating group) is 1. The summed E-state index contributed by atoms with van der Waals surface area (Å²) in [6.07, 6.45) is 8.51. The molecule has 2 aliphatic heterocycles. The maximum absolute atomic E-state index is 12.9. The van der Waals surface area contributed by atoms with Crippen LogP contribution in [0.1, 0.15) is 42.4 Å². The van der Waals surface area contributed by atoms with Gasteiger partial charge in [-0.3, -0.25) is 4.79 Å². The number of carbonyl (C=O) groups excluding carboxylic acids is 1. The first-order chi connectivity index (χ1) is 18.4. The Balaban J connectivity index is 1.24. The fourth-order valence-corrected chi connectivity index (χ4v) is 9.38. The molecule has 1 saturated heterocycles. The van der Waals surface area contributed by atoms with Crippen molar-refractivity contribution in [3.05, 3.63) is 64.2 Å². The van der Waals surface area contributed by atoms with Crippen molar-refractivity contribution in [2.75, 3.05) is 34.4 Å². The van der Waals surface area contributed by atoms with Crippen LogP contribution in [0.5, 0.6) is 11.5 Å². The van der Waals surface area contributed by atoms with Crippen molar-refractivity contribution in [1.82, 2.24) is 10.2 Å². The minimum Gasteiger partial charge on any atom is -0.493 e. The van der Waals surface area contributed by atoms with Crippen molar-refractivity contribution in [2.24, 2.45) is 11.3 Å². The summed E-state index contributed by atoms with van der Waals surface area (Å²) >= 11 is 5.99. The average Bonchev–Trinajstić information content (AvgIpc) is 3.30. The van der Waals surface area contributed by atoms with E-state index >= 15 is 0 Å². The number of halogens is 1. The summed E-state index contributed by atoms with van der Waals surface area (Å²) < 4.78 is 19.4. The van der Waals surface area contributed by atoms with Crippen molar-refractivity contribution in [3.63, 3.8) is 0 Å². The molecular weight excluding hydrogens is 500 g/mol. The number of piperidine rings is 1. The summed E-state index contributed by atoms with van der Waals surface area (Å²) in [5.41, 5.74) is 3.28. The molecule has 2 spiro atoms. The number of nitrogens with one attached hydrogen (secondary N) is 1. The molecule has 1 N–H and O–H groups in total. The maximum atomic E-state index is 12.9. The van der Waals surface area contributed by atoms with E-state index in [0.29, 0.717) is 17.6 Å². The molecule has 4 fully saturated rings. The van der Waals surface area contributed by atoms with Crippen LogP contribution in [0.25, 0.3) is 6.08 Å². The molecule has 6 aliphatic rings. The number of hydrogen-bond acceptors (Lipinski definition) is 5. The van der Waals surface area contributed by atoms with Crippen LogP contribution in [-0.4, -0.2) is 62.9 Å². The molecule has 4 bridgehead atoms. The fourth-order valence-electron chi connectivity index (χ4n) is 9.25. The van der Waals surface area contributed by atoms with Gasteiger partial charge in [-0.1, -0.05) is 29.8 Å². The van der Waals surface area contributed by atoms with Crippen LogP contribution in [0.2, 0.25) is 5.02 Å². The Morgan fingerprint density at radius 3 is 2.76 bits per heavy atom. The molecule has 1 amide bonds. The predicted molar refractivity (Wildman–Crippen MR) is 147 cm³/mol. The molecular formula is C31H35ClN2O4. The topological polar surface area (TPSA) is 60.0 Å². The molecule has 4 aliphatic carbocycles. The van der Waals surface area contributed by atoms with Crippen LogP contribution in [0.4, 0.5) is 0 Å². The van der Waals surface area contributed by atoms with Crippen LogP contribution in [0.15, 0.2) is 42.5 Å². The third kappa shape index (κ3) is 3.00. The number of fused-ring (bicyclic) bond motifs is 2. The number of carbonyl (C=O) groups is 1. The van der Waals surface area contributed by atoms with Gasteiger partial charge in [0.05, 0.1) is 7.11 Å². The van der Waals surface area contributed by atoms with Crippen molar-refractivity contribution < 1.29 is 19.0 Å². The van der Waals surface area contributed by atoms with Gasteiger partial charge in [-0.05, 0) is 81.1 Å². The molecule has 6 nitrogen and oxygen atoms in total. The number of amides is 1. The molecule has 2 heterocycles. The summed E-state index contributed by atoms with van der Waals surface area (Å²) in [4.78, 5) is 15.5. The highest BCUT2D eigenvalue weighted by Crippen LogP contribution is 2.76. The van der Waals surface area contributed by atoms with E-state index in [1.54, 1.807) is 13.2 Å². The number of nitrogens with zero attached hydrogens (tertiary/aromatic N) is 1. The predicted octanol–water partition coefficient (Wildman–Crippen LogP) is 4.62. The van der Waals surface area contributed by atoms with Gasteiger partial charge >= 0.3 is 0 Å². The number of methoxy groups -OCH3 is 2. The molecule has 0 radical (unpaired) electrons. The van der Waals surface area contributed by atoms with Gasteiger partial charge in [-0.25, -0.2) is 0 Å². The largest absolute Gasteiger partial charge is 0.493 e. The van der Waals surface area contributed by atoms with Gasteiger partial charge in [0.1, 0.15) is 11.7 Å². The normalized spacial score (nSPS) is 36.2. The Morgan fingerprint density at radius 2 is 2.00 bits per heavy atom. The Kier molecular flexibility index (Phi) is 5.47. The second-order valence-electron chi connectivity index (χ2n) is 11.9. The van der Waals surface area contributed by atoms with E-state index in [4.69, 9.17) is 25.8 Å². The van der Waals surface area contributed by atoms with Gasteiger partial charge in [-0.2, -0.15) is 0 Å².